The number of H-pyrrole nitrogens is 1. The van der Waals surface area contributed by atoms with Crippen molar-refractivity contribution in [2.24, 2.45) is 0 Å². The van der Waals surface area contributed by atoms with Crippen LogP contribution in [0.1, 0.15) is 0 Å². The van der Waals surface area contributed by atoms with E-state index in [9.17, 15) is 4.79 Å². The highest BCUT2D eigenvalue weighted by atomic mass is 16.5. The molecule has 0 aliphatic rings. The summed E-state index contributed by atoms with van der Waals surface area (Å²) in [6, 6.07) is 5.13. The van der Waals surface area contributed by atoms with Crippen molar-refractivity contribution in [2.45, 2.75) is 0 Å². The van der Waals surface area contributed by atoms with Crippen LogP contribution >= 0.6 is 0 Å². The summed E-state index contributed by atoms with van der Waals surface area (Å²) in [5, 5.41) is 0. The number of methoxy groups -OCH3 is 3. The highest BCUT2D eigenvalue weighted by molar-refractivity contribution is 5.71. The van der Waals surface area contributed by atoms with Crippen LogP contribution in [0.3, 0.4) is 0 Å². The van der Waals surface area contributed by atoms with Crippen LogP contribution < -0.4 is 19.9 Å². The fraction of sp³-hybridized carbons (Fsp3) is 0.231. The quantitative estimate of drug-likeness (QED) is 0.903. The molecule has 1 aromatic heterocycles. The SMILES string of the molecule is COc1cc(OC)c(-c2ccnc(=O)[nH]2)cc1OC. The van der Waals surface area contributed by atoms with E-state index in [0.29, 0.717) is 28.5 Å². The number of nitrogens with zero attached hydrogens (tertiary/aromatic N) is 1. The molecule has 1 aromatic carbocycles. The first kappa shape index (κ1) is 12.9. The molecule has 0 bridgehead atoms. The zero-order valence-electron chi connectivity index (χ0n) is 10.9. The standard InChI is InChI=1S/C13H14N2O4/c1-17-10-7-12(19-3)11(18-2)6-8(10)9-4-5-14-13(16)15-9/h4-7H,1-3H3,(H,14,15,16). The maximum absolute atomic E-state index is 11.3. The Hall–Kier alpha value is -2.50. The molecule has 1 N–H and O–H groups in total. The van der Waals surface area contributed by atoms with Gasteiger partial charge in [0.1, 0.15) is 5.75 Å². The van der Waals surface area contributed by atoms with Crippen LogP contribution in [0.5, 0.6) is 17.2 Å². The number of nitrogens with one attached hydrogen (secondary N) is 1. The van der Waals surface area contributed by atoms with Crippen LogP contribution in [-0.4, -0.2) is 31.3 Å². The predicted octanol–water partition coefficient (Wildman–Crippen LogP) is 1.46. The van der Waals surface area contributed by atoms with Gasteiger partial charge in [-0.3, -0.25) is 0 Å². The van der Waals surface area contributed by atoms with Gasteiger partial charge in [0, 0.05) is 17.8 Å². The molecule has 0 aliphatic carbocycles. The Balaban J connectivity index is 2.64. The zero-order valence-corrected chi connectivity index (χ0v) is 10.9. The second-order valence-electron chi connectivity index (χ2n) is 3.70. The number of benzene rings is 1. The molecule has 2 rings (SSSR count). The Morgan fingerprint density at radius 2 is 1.63 bits per heavy atom. The molecule has 1 heterocycles. The highest BCUT2D eigenvalue weighted by Crippen LogP contribution is 2.38. The van der Waals surface area contributed by atoms with Crippen molar-refractivity contribution in [2.75, 3.05) is 21.3 Å². The second kappa shape index (κ2) is 5.43. The lowest BCUT2D eigenvalue weighted by molar-refractivity contribution is 0.349. The Bertz CT molecular complexity index is 637. The van der Waals surface area contributed by atoms with E-state index in [-0.39, 0.29) is 0 Å². The van der Waals surface area contributed by atoms with E-state index in [1.165, 1.54) is 6.20 Å². The molecule has 0 saturated heterocycles. The molecule has 6 nitrogen and oxygen atoms in total. The maximum Gasteiger partial charge on any atom is 0.345 e. The van der Waals surface area contributed by atoms with Crippen molar-refractivity contribution in [3.63, 3.8) is 0 Å². The summed E-state index contributed by atoms with van der Waals surface area (Å²) in [5.41, 5.74) is 0.867. The van der Waals surface area contributed by atoms with Crippen molar-refractivity contribution in [1.29, 1.82) is 0 Å². The molecule has 0 spiro atoms. The van der Waals surface area contributed by atoms with E-state index in [1.54, 1.807) is 39.5 Å². The summed E-state index contributed by atoms with van der Waals surface area (Å²) in [7, 11) is 4.64. The second-order valence-corrected chi connectivity index (χ2v) is 3.70. The van der Waals surface area contributed by atoms with Crippen molar-refractivity contribution < 1.29 is 14.2 Å². The molecule has 0 radical (unpaired) electrons. The van der Waals surface area contributed by atoms with E-state index in [0.717, 1.165) is 0 Å². The van der Waals surface area contributed by atoms with Gasteiger partial charge in [0.05, 0.1) is 27.0 Å². The third-order valence-electron chi connectivity index (χ3n) is 2.67. The molecule has 100 valence electrons. The van der Waals surface area contributed by atoms with Crippen molar-refractivity contribution in [1.82, 2.24) is 9.97 Å². The first-order chi connectivity index (χ1) is 9.19. The number of aromatic nitrogens is 2. The van der Waals surface area contributed by atoms with E-state index in [1.807, 2.05) is 0 Å². The van der Waals surface area contributed by atoms with Gasteiger partial charge in [-0.25, -0.2) is 9.78 Å². The molecule has 2 aromatic rings. The lowest BCUT2D eigenvalue weighted by atomic mass is 10.1. The minimum atomic E-state index is -0.422. The molecule has 0 fully saturated rings. The Kier molecular flexibility index (Phi) is 3.70. The molecule has 19 heavy (non-hydrogen) atoms. The molecule has 0 unspecified atom stereocenters. The minimum Gasteiger partial charge on any atom is -0.496 e. The van der Waals surface area contributed by atoms with Gasteiger partial charge >= 0.3 is 5.69 Å². The number of ether oxygens (including phenoxy) is 3. The zero-order chi connectivity index (χ0) is 13.8. The Morgan fingerprint density at radius 1 is 1.00 bits per heavy atom. The smallest absolute Gasteiger partial charge is 0.345 e. The average Bonchev–Trinajstić information content (AvgIpc) is 2.45. The number of rotatable bonds is 4. The topological polar surface area (TPSA) is 73.4 Å². The summed E-state index contributed by atoms with van der Waals surface area (Å²) in [6.45, 7) is 0. The summed E-state index contributed by atoms with van der Waals surface area (Å²) in [4.78, 5) is 17.5. The summed E-state index contributed by atoms with van der Waals surface area (Å²) in [5.74, 6) is 1.68. The summed E-state index contributed by atoms with van der Waals surface area (Å²) in [6.07, 6.45) is 1.43. The van der Waals surface area contributed by atoms with Gasteiger partial charge in [-0.1, -0.05) is 0 Å². The molecule has 0 amide bonds. The van der Waals surface area contributed by atoms with Crippen LogP contribution in [-0.2, 0) is 0 Å². The lowest BCUT2D eigenvalue weighted by Crippen LogP contribution is -2.09. The minimum absolute atomic E-state index is 0.422. The summed E-state index contributed by atoms with van der Waals surface area (Å²) < 4.78 is 15.7. The van der Waals surface area contributed by atoms with Gasteiger partial charge in [-0.2, -0.15) is 0 Å². The lowest BCUT2D eigenvalue weighted by Gasteiger charge is -2.13. The van der Waals surface area contributed by atoms with Crippen LogP contribution in [0.25, 0.3) is 11.3 Å². The van der Waals surface area contributed by atoms with Crippen molar-refractivity contribution in [3.8, 4) is 28.5 Å². The third kappa shape index (κ3) is 2.52. The van der Waals surface area contributed by atoms with Crippen molar-refractivity contribution >= 4 is 0 Å². The molecular weight excluding hydrogens is 248 g/mol. The van der Waals surface area contributed by atoms with Gasteiger partial charge in [0.2, 0.25) is 0 Å². The maximum atomic E-state index is 11.3. The molecule has 6 heteroatoms. The third-order valence-corrected chi connectivity index (χ3v) is 2.67. The molecular formula is C13H14N2O4. The van der Waals surface area contributed by atoms with E-state index in [2.05, 4.69) is 9.97 Å². The van der Waals surface area contributed by atoms with Gasteiger partial charge in [0.25, 0.3) is 0 Å². The largest absolute Gasteiger partial charge is 0.496 e. The van der Waals surface area contributed by atoms with Crippen LogP contribution in [0.2, 0.25) is 0 Å². The monoisotopic (exact) mass is 262 g/mol. The molecule has 0 saturated carbocycles. The molecule has 0 atom stereocenters. The van der Waals surface area contributed by atoms with E-state index >= 15 is 0 Å². The van der Waals surface area contributed by atoms with E-state index < -0.39 is 5.69 Å². The van der Waals surface area contributed by atoms with Gasteiger partial charge in [0.15, 0.2) is 11.5 Å². The van der Waals surface area contributed by atoms with Gasteiger partial charge < -0.3 is 19.2 Å². The summed E-state index contributed by atoms with van der Waals surface area (Å²) >= 11 is 0. The highest BCUT2D eigenvalue weighted by Gasteiger charge is 2.13. The molecule has 0 aliphatic heterocycles. The fourth-order valence-electron chi connectivity index (χ4n) is 1.77. The van der Waals surface area contributed by atoms with Crippen molar-refractivity contribution in [3.05, 3.63) is 34.9 Å². The normalized spacial score (nSPS) is 10.1. The fourth-order valence-corrected chi connectivity index (χ4v) is 1.77. The predicted molar refractivity (Wildman–Crippen MR) is 69.9 cm³/mol. The van der Waals surface area contributed by atoms with Crippen LogP contribution in [0.4, 0.5) is 0 Å². The number of hydrogen-bond donors (Lipinski definition) is 1. The van der Waals surface area contributed by atoms with Crippen LogP contribution in [0, 0.1) is 0 Å². The first-order valence-electron chi connectivity index (χ1n) is 5.55. The van der Waals surface area contributed by atoms with Gasteiger partial charge in [-0.15, -0.1) is 0 Å². The van der Waals surface area contributed by atoms with Gasteiger partial charge in [-0.05, 0) is 12.1 Å². The average molecular weight is 262 g/mol. The Labute approximate surface area is 110 Å². The first-order valence-corrected chi connectivity index (χ1v) is 5.55. The Morgan fingerprint density at radius 3 is 2.21 bits per heavy atom. The van der Waals surface area contributed by atoms with E-state index in [4.69, 9.17) is 14.2 Å². The number of aromatic amines is 1. The van der Waals surface area contributed by atoms with Crippen LogP contribution in [0.15, 0.2) is 29.2 Å². The number of hydrogen-bond acceptors (Lipinski definition) is 5.